The summed E-state index contributed by atoms with van der Waals surface area (Å²) in [5.74, 6) is -0.686. The van der Waals surface area contributed by atoms with Gasteiger partial charge in [0, 0.05) is 43.4 Å². The van der Waals surface area contributed by atoms with Gasteiger partial charge in [-0.1, -0.05) is 17.7 Å². The maximum Gasteiger partial charge on any atom is 0.239 e. The summed E-state index contributed by atoms with van der Waals surface area (Å²) in [5, 5.41) is 3.80. The van der Waals surface area contributed by atoms with E-state index in [1.165, 1.54) is 0 Å². The van der Waals surface area contributed by atoms with Gasteiger partial charge in [0.1, 0.15) is 5.92 Å². The number of carbonyl (C=O) groups is 2. The Hall–Kier alpha value is -1.30. The lowest BCUT2D eigenvalue weighted by Crippen LogP contribution is -2.49. The molecule has 1 aromatic rings. The summed E-state index contributed by atoms with van der Waals surface area (Å²) in [5.41, 5.74) is 0.767. The first-order valence-corrected chi connectivity index (χ1v) is 7.61. The van der Waals surface area contributed by atoms with Crippen molar-refractivity contribution in [2.45, 2.75) is 6.42 Å². The lowest BCUT2D eigenvalue weighted by molar-refractivity contribution is -0.140. The molecule has 2 amide bonds. The molecule has 2 heterocycles. The highest BCUT2D eigenvalue weighted by Crippen LogP contribution is 2.28. The molecule has 1 N–H and O–H groups in total. The summed E-state index contributed by atoms with van der Waals surface area (Å²) in [6.45, 7) is 3.52. The molecule has 120 valence electrons. The molecule has 0 spiro atoms. The lowest BCUT2D eigenvalue weighted by Gasteiger charge is -2.29. The first-order valence-electron chi connectivity index (χ1n) is 7.23. The minimum absolute atomic E-state index is 0. The first-order chi connectivity index (χ1) is 10.2. The largest absolute Gasteiger partial charge is 0.339 e. The van der Waals surface area contributed by atoms with Gasteiger partial charge < -0.3 is 15.1 Å². The van der Waals surface area contributed by atoms with E-state index in [4.69, 9.17) is 11.6 Å². The van der Waals surface area contributed by atoms with Gasteiger partial charge in [-0.15, -0.1) is 12.4 Å². The van der Waals surface area contributed by atoms with E-state index >= 15 is 0 Å². The number of nitrogens with zero attached hydrogens (tertiary/aromatic N) is 2. The number of benzene rings is 1. The van der Waals surface area contributed by atoms with Crippen LogP contribution in [0.3, 0.4) is 0 Å². The predicted octanol–water partition coefficient (Wildman–Crippen LogP) is 1.55. The van der Waals surface area contributed by atoms with Crippen LogP contribution in [0.4, 0.5) is 5.69 Å². The minimum Gasteiger partial charge on any atom is -0.339 e. The number of hydrogen-bond donors (Lipinski definition) is 1. The van der Waals surface area contributed by atoms with Gasteiger partial charge in [0.15, 0.2) is 0 Å². The van der Waals surface area contributed by atoms with Gasteiger partial charge in [-0.3, -0.25) is 9.59 Å². The molecule has 0 saturated carbocycles. The summed E-state index contributed by atoms with van der Waals surface area (Å²) in [6, 6.07) is 7.20. The van der Waals surface area contributed by atoms with E-state index in [1.807, 2.05) is 12.1 Å². The quantitative estimate of drug-likeness (QED) is 0.829. The number of nitrogens with one attached hydrogen (secondary N) is 1. The molecular weight excluding hydrogens is 325 g/mol. The van der Waals surface area contributed by atoms with Crippen LogP contribution < -0.4 is 10.2 Å². The van der Waals surface area contributed by atoms with Crippen molar-refractivity contribution in [3.05, 3.63) is 29.3 Å². The van der Waals surface area contributed by atoms with Gasteiger partial charge in [0.25, 0.3) is 0 Å². The third-order valence-electron chi connectivity index (χ3n) is 4.05. The molecule has 2 aliphatic rings. The number of piperazine rings is 1. The van der Waals surface area contributed by atoms with Crippen LogP contribution in [0.1, 0.15) is 6.42 Å². The standard InChI is InChI=1S/C15H18ClN3O2.ClH/c16-11-2-1-3-12(10-11)19-7-4-13(15(19)21)14(20)18-8-5-17-6-9-18;/h1-3,10,13,17H,4-9H2;1H. The molecule has 22 heavy (non-hydrogen) atoms. The van der Waals surface area contributed by atoms with Gasteiger partial charge in [-0.25, -0.2) is 0 Å². The fourth-order valence-electron chi connectivity index (χ4n) is 2.92. The van der Waals surface area contributed by atoms with Gasteiger partial charge >= 0.3 is 0 Å². The number of rotatable bonds is 2. The Bertz CT molecular complexity index is 561. The third kappa shape index (κ3) is 3.37. The van der Waals surface area contributed by atoms with E-state index in [-0.39, 0.29) is 24.2 Å². The smallest absolute Gasteiger partial charge is 0.239 e. The van der Waals surface area contributed by atoms with E-state index in [0.29, 0.717) is 31.1 Å². The summed E-state index contributed by atoms with van der Waals surface area (Å²) in [4.78, 5) is 28.5. The van der Waals surface area contributed by atoms with Crippen LogP contribution in [0.15, 0.2) is 24.3 Å². The van der Waals surface area contributed by atoms with Crippen molar-refractivity contribution in [2.75, 3.05) is 37.6 Å². The highest BCUT2D eigenvalue weighted by atomic mass is 35.5. The third-order valence-corrected chi connectivity index (χ3v) is 4.29. The highest BCUT2D eigenvalue weighted by Gasteiger charge is 2.39. The van der Waals surface area contributed by atoms with Crippen molar-refractivity contribution in [1.29, 1.82) is 0 Å². The van der Waals surface area contributed by atoms with E-state index < -0.39 is 5.92 Å². The Morgan fingerprint density at radius 3 is 2.64 bits per heavy atom. The minimum atomic E-state index is -0.540. The van der Waals surface area contributed by atoms with E-state index in [9.17, 15) is 9.59 Å². The van der Waals surface area contributed by atoms with Gasteiger partial charge in [-0.2, -0.15) is 0 Å². The average Bonchev–Trinajstić information content (AvgIpc) is 2.89. The SMILES string of the molecule is Cl.O=C(C1CCN(c2cccc(Cl)c2)C1=O)N1CCNCC1. The second-order valence-corrected chi connectivity index (χ2v) is 5.82. The normalized spacial score (nSPS) is 21.7. The average molecular weight is 344 g/mol. The molecule has 0 aliphatic carbocycles. The Morgan fingerprint density at radius 2 is 1.95 bits per heavy atom. The molecular formula is C15H19Cl2N3O2. The fourth-order valence-corrected chi connectivity index (χ4v) is 3.10. The Kier molecular flexibility index (Phi) is 5.67. The Morgan fingerprint density at radius 1 is 1.23 bits per heavy atom. The van der Waals surface area contributed by atoms with Crippen molar-refractivity contribution in [1.82, 2.24) is 10.2 Å². The van der Waals surface area contributed by atoms with Crippen molar-refractivity contribution in [3.63, 3.8) is 0 Å². The summed E-state index contributed by atoms with van der Waals surface area (Å²) in [6.07, 6.45) is 0.577. The van der Waals surface area contributed by atoms with Gasteiger partial charge in [-0.05, 0) is 24.6 Å². The summed E-state index contributed by atoms with van der Waals surface area (Å²) >= 11 is 5.97. The molecule has 2 fully saturated rings. The second-order valence-electron chi connectivity index (χ2n) is 5.39. The van der Waals surface area contributed by atoms with Crippen molar-refractivity contribution < 1.29 is 9.59 Å². The molecule has 2 saturated heterocycles. The highest BCUT2D eigenvalue weighted by molar-refractivity contribution is 6.31. The molecule has 1 atom stereocenters. The van der Waals surface area contributed by atoms with Crippen LogP contribution in [-0.2, 0) is 9.59 Å². The van der Waals surface area contributed by atoms with Crippen LogP contribution in [-0.4, -0.2) is 49.4 Å². The zero-order valence-corrected chi connectivity index (χ0v) is 13.7. The molecule has 2 aliphatic heterocycles. The van der Waals surface area contributed by atoms with Crippen molar-refractivity contribution in [3.8, 4) is 0 Å². The Balaban J connectivity index is 0.00000176. The van der Waals surface area contributed by atoms with Crippen LogP contribution in [0.2, 0.25) is 5.02 Å². The molecule has 1 unspecified atom stereocenters. The molecule has 0 radical (unpaired) electrons. The maximum atomic E-state index is 12.5. The number of halogens is 2. The van der Waals surface area contributed by atoms with Gasteiger partial charge in [0.05, 0.1) is 0 Å². The summed E-state index contributed by atoms with van der Waals surface area (Å²) in [7, 11) is 0. The lowest BCUT2D eigenvalue weighted by atomic mass is 10.1. The number of amides is 2. The monoisotopic (exact) mass is 343 g/mol. The number of carbonyl (C=O) groups excluding carboxylic acids is 2. The molecule has 1 aromatic carbocycles. The van der Waals surface area contributed by atoms with Crippen LogP contribution in [0.5, 0.6) is 0 Å². The van der Waals surface area contributed by atoms with Crippen molar-refractivity contribution in [2.24, 2.45) is 5.92 Å². The maximum absolute atomic E-state index is 12.5. The van der Waals surface area contributed by atoms with E-state index in [1.54, 1.807) is 21.9 Å². The van der Waals surface area contributed by atoms with Crippen molar-refractivity contribution >= 4 is 41.5 Å². The molecule has 5 nitrogen and oxygen atoms in total. The second kappa shape index (κ2) is 7.31. The summed E-state index contributed by atoms with van der Waals surface area (Å²) < 4.78 is 0. The molecule has 0 aromatic heterocycles. The van der Waals surface area contributed by atoms with Crippen LogP contribution in [0.25, 0.3) is 0 Å². The predicted molar refractivity (Wildman–Crippen MR) is 88.6 cm³/mol. The van der Waals surface area contributed by atoms with Crippen LogP contribution >= 0.6 is 24.0 Å². The molecule has 3 rings (SSSR count). The zero-order chi connectivity index (χ0) is 14.8. The fraction of sp³-hybridized carbons (Fsp3) is 0.467. The first kappa shape index (κ1) is 17.1. The zero-order valence-electron chi connectivity index (χ0n) is 12.1. The van der Waals surface area contributed by atoms with E-state index in [2.05, 4.69) is 5.32 Å². The molecule has 0 bridgehead atoms. The number of hydrogen-bond acceptors (Lipinski definition) is 3. The number of anilines is 1. The Labute approximate surface area is 141 Å². The van der Waals surface area contributed by atoms with Gasteiger partial charge in [0.2, 0.25) is 11.8 Å². The van der Waals surface area contributed by atoms with E-state index in [0.717, 1.165) is 18.8 Å². The topological polar surface area (TPSA) is 52.7 Å². The van der Waals surface area contributed by atoms with Crippen LogP contribution in [0, 0.1) is 5.92 Å². The molecule has 7 heteroatoms.